The van der Waals surface area contributed by atoms with Gasteiger partial charge in [0.25, 0.3) is 0 Å². The summed E-state index contributed by atoms with van der Waals surface area (Å²) in [5.74, 6) is 0.813. The molecule has 0 spiro atoms. The number of nitrogens with one attached hydrogen (secondary N) is 1. The first-order chi connectivity index (χ1) is 7.65. The van der Waals surface area contributed by atoms with Gasteiger partial charge in [0, 0.05) is 19.9 Å². The van der Waals surface area contributed by atoms with Crippen molar-refractivity contribution in [3.05, 3.63) is 21.8 Å². The van der Waals surface area contributed by atoms with Crippen LogP contribution in [0.25, 0.3) is 0 Å². The van der Waals surface area contributed by atoms with Crippen LogP contribution in [-0.2, 0) is 4.74 Å². The molecule has 0 radical (unpaired) electrons. The molecule has 1 aromatic rings. The minimum atomic E-state index is 0.000750. The maximum Gasteiger partial charge on any atom is 0.140 e. The molecule has 3 nitrogen and oxygen atoms in total. The molecule has 0 amide bonds. The van der Waals surface area contributed by atoms with Gasteiger partial charge in [-0.15, -0.1) is 0 Å². The SMILES string of the molecule is COC1(CNc2ncc(Cl)cc2Br)CCC1. The molecule has 5 heteroatoms. The van der Waals surface area contributed by atoms with Crippen LogP contribution in [0.1, 0.15) is 19.3 Å². The second kappa shape index (κ2) is 4.90. The molecule has 1 heterocycles. The first-order valence-corrected chi connectivity index (χ1v) is 6.42. The summed E-state index contributed by atoms with van der Waals surface area (Å²) < 4.78 is 6.41. The van der Waals surface area contributed by atoms with Crippen molar-refractivity contribution >= 4 is 33.3 Å². The molecular weight excluding hydrogens is 291 g/mol. The monoisotopic (exact) mass is 304 g/mol. The van der Waals surface area contributed by atoms with Gasteiger partial charge < -0.3 is 10.1 Å². The van der Waals surface area contributed by atoms with Gasteiger partial charge in [-0.1, -0.05) is 11.6 Å². The summed E-state index contributed by atoms with van der Waals surface area (Å²) in [6.45, 7) is 0.788. The summed E-state index contributed by atoms with van der Waals surface area (Å²) in [4.78, 5) is 4.23. The zero-order valence-electron chi connectivity index (χ0n) is 9.09. The Bertz CT molecular complexity index is 377. The van der Waals surface area contributed by atoms with E-state index in [0.717, 1.165) is 29.7 Å². The standard InChI is InChI=1S/C11H14BrClN2O/c1-16-11(3-2-4-11)7-15-10-9(12)5-8(13)6-14-10/h5-6H,2-4,7H2,1H3,(H,14,15). The molecule has 0 atom stereocenters. The number of methoxy groups -OCH3 is 1. The molecule has 0 aliphatic heterocycles. The third-order valence-electron chi connectivity index (χ3n) is 3.08. The van der Waals surface area contributed by atoms with Gasteiger partial charge in [-0.25, -0.2) is 4.98 Å². The fourth-order valence-electron chi connectivity index (χ4n) is 1.81. The highest BCUT2D eigenvalue weighted by atomic mass is 79.9. The van der Waals surface area contributed by atoms with Crippen molar-refractivity contribution in [3.63, 3.8) is 0 Å². The lowest BCUT2D eigenvalue weighted by Gasteiger charge is -2.40. The van der Waals surface area contributed by atoms with Crippen molar-refractivity contribution in [2.75, 3.05) is 19.0 Å². The van der Waals surface area contributed by atoms with Crippen LogP contribution in [-0.4, -0.2) is 24.2 Å². The Morgan fingerprint density at radius 1 is 1.62 bits per heavy atom. The number of hydrogen-bond acceptors (Lipinski definition) is 3. The fourth-order valence-corrected chi connectivity index (χ4v) is 2.59. The number of hydrogen-bond donors (Lipinski definition) is 1. The number of pyridine rings is 1. The largest absolute Gasteiger partial charge is 0.376 e. The average molecular weight is 306 g/mol. The van der Waals surface area contributed by atoms with Gasteiger partial charge in [-0.2, -0.15) is 0 Å². The second-order valence-electron chi connectivity index (χ2n) is 4.08. The molecule has 2 rings (SSSR count). The van der Waals surface area contributed by atoms with E-state index in [1.807, 2.05) is 6.07 Å². The van der Waals surface area contributed by atoms with Crippen molar-refractivity contribution in [2.24, 2.45) is 0 Å². The number of anilines is 1. The van der Waals surface area contributed by atoms with Crippen LogP contribution in [0.2, 0.25) is 5.02 Å². The van der Waals surface area contributed by atoms with Crippen LogP contribution in [0.4, 0.5) is 5.82 Å². The fraction of sp³-hybridized carbons (Fsp3) is 0.545. The van der Waals surface area contributed by atoms with Crippen molar-refractivity contribution in [3.8, 4) is 0 Å². The van der Waals surface area contributed by atoms with Gasteiger partial charge in [-0.3, -0.25) is 0 Å². The maximum atomic E-state index is 5.83. The zero-order chi connectivity index (χ0) is 11.6. The lowest BCUT2D eigenvalue weighted by molar-refractivity contribution is -0.0601. The molecule has 0 bridgehead atoms. The van der Waals surface area contributed by atoms with E-state index in [-0.39, 0.29) is 5.60 Å². The van der Waals surface area contributed by atoms with E-state index in [0.29, 0.717) is 5.02 Å². The predicted molar refractivity (Wildman–Crippen MR) is 69.0 cm³/mol. The zero-order valence-corrected chi connectivity index (χ0v) is 11.4. The molecule has 1 saturated carbocycles. The highest BCUT2D eigenvalue weighted by Gasteiger charge is 2.36. The summed E-state index contributed by atoms with van der Waals surface area (Å²) in [7, 11) is 1.77. The summed E-state index contributed by atoms with van der Waals surface area (Å²) in [6, 6.07) is 1.83. The van der Waals surface area contributed by atoms with Crippen LogP contribution in [0.5, 0.6) is 0 Å². The minimum Gasteiger partial charge on any atom is -0.376 e. The number of ether oxygens (including phenoxy) is 1. The molecule has 88 valence electrons. The van der Waals surface area contributed by atoms with Crippen LogP contribution in [0.3, 0.4) is 0 Å². The molecule has 1 aromatic heterocycles. The number of rotatable bonds is 4. The van der Waals surface area contributed by atoms with Gasteiger partial charge in [0.05, 0.1) is 15.1 Å². The maximum absolute atomic E-state index is 5.83. The van der Waals surface area contributed by atoms with E-state index in [9.17, 15) is 0 Å². The Morgan fingerprint density at radius 2 is 2.38 bits per heavy atom. The van der Waals surface area contributed by atoms with E-state index in [1.54, 1.807) is 13.3 Å². The second-order valence-corrected chi connectivity index (χ2v) is 5.37. The van der Waals surface area contributed by atoms with Gasteiger partial charge in [0.1, 0.15) is 5.82 Å². The van der Waals surface area contributed by atoms with Gasteiger partial charge >= 0.3 is 0 Å². The van der Waals surface area contributed by atoms with Crippen molar-refractivity contribution in [1.82, 2.24) is 4.98 Å². The molecule has 0 saturated heterocycles. The Morgan fingerprint density at radius 3 is 2.88 bits per heavy atom. The van der Waals surface area contributed by atoms with E-state index in [2.05, 4.69) is 26.2 Å². The first-order valence-electron chi connectivity index (χ1n) is 5.25. The minimum absolute atomic E-state index is 0.000750. The number of aromatic nitrogens is 1. The van der Waals surface area contributed by atoms with Crippen LogP contribution in [0, 0.1) is 0 Å². The van der Waals surface area contributed by atoms with Gasteiger partial charge in [0.15, 0.2) is 0 Å². The van der Waals surface area contributed by atoms with Crippen molar-refractivity contribution in [2.45, 2.75) is 24.9 Å². The Hall–Kier alpha value is -0.320. The third-order valence-corrected chi connectivity index (χ3v) is 3.89. The molecule has 16 heavy (non-hydrogen) atoms. The topological polar surface area (TPSA) is 34.1 Å². The smallest absolute Gasteiger partial charge is 0.140 e. The van der Waals surface area contributed by atoms with Crippen LogP contribution >= 0.6 is 27.5 Å². The van der Waals surface area contributed by atoms with Crippen molar-refractivity contribution < 1.29 is 4.74 Å². The molecule has 1 N–H and O–H groups in total. The van der Waals surface area contributed by atoms with E-state index >= 15 is 0 Å². The van der Waals surface area contributed by atoms with Crippen LogP contribution in [0.15, 0.2) is 16.7 Å². The van der Waals surface area contributed by atoms with Gasteiger partial charge in [0.2, 0.25) is 0 Å². The van der Waals surface area contributed by atoms with E-state index in [4.69, 9.17) is 16.3 Å². The molecule has 0 unspecified atom stereocenters. The highest BCUT2D eigenvalue weighted by molar-refractivity contribution is 9.10. The Labute approximate surface area is 109 Å². The average Bonchev–Trinajstić information content (AvgIpc) is 2.19. The normalized spacial score (nSPS) is 17.9. The van der Waals surface area contributed by atoms with E-state index < -0.39 is 0 Å². The Kier molecular flexibility index (Phi) is 3.72. The van der Waals surface area contributed by atoms with E-state index in [1.165, 1.54) is 6.42 Å². The number of nitrogens with zero attached hydrogens (tertiary/aromatic N) is 1. The lowest BCUT2D eigenvalue weighted by Crippen LogP contribution is -2.45. The third kappa shape index (κ3) is 2.50. The summed E-state index contributed by atoms with van der Waals surface area (Å²) in [5.41, 5.74) is 0.000750. The first kappa shape index (κ1) is 12.1. The van der Waals surface area contributed by atoms with Crippen molar-refractivity contribution in [1.29, 1.82) is 0 Å². The summed E-state index contributed by atoms with van der Waals surface area (Å²) in [6.07, 6.45) is 5.10. The molecule has 0 aromatic carbocycles. The summed E-state index contributed by atoms with van der Waals surface area (Å²) >= 11 is 9.25. The molecular formula is C11H14BrClN2O. The summed E-state index contributed by atoms with van der Waals surface area (Å²) in [5, 5.41) is 3.92. The van der Waals surface area contributed by atoms with Crippen LogP contribution < -0.4 is 5.32 Å². The molecule has 1 aliphatic rings. The molecule has 1 fully saturated rings. The molecule has 1 aliphatic carbocycles. The Balaban J connectivity index is 1.99. The lowest BCUT2D eigenvalue weighted by atomic mass is 9.80. The number of halogens is 2. The highest BCUT2D eigenvalue weighted by Crippen LogP contribution is 2.35. The predicted octanol–water partition coefficient (Wildman–Crippen LogP) is 3.48. The quantitative estimate of drug-likeness (QED) is 0.925. The van der Waals surface area contributed by atoms with Gasteiger partial charge in [-0.05, 0) is 41.3 Å².